The van der Waals surface area contributed by atoms with E-state index in [0.717, 1.165) is 16.7 Å². The molecule has 0 amide bonds. The molecule has 0 fully saturated rings. The van der Waals surface area contributed by atoms with Crippen LogP contribution >= 0.6 is 0 Å². The summed E-state index contributed by atoms with van der Waals surface area (Å²) in [5.74, 6) is 0.204. The van der Waals surface area contributed by atoms with Crippen molar-refractivity contribution < 1.29 is 9.76 Å². The molecule has 4 aromatic rings. The summed E-state index contributed by atoms with van der Waals surface area (Å²) in [4.78, 5) is 0. The van der Waals surface area contributed by atoms with Crippen molar-refractivity contribution in [1.82, 2.24) is 4.57 Å². The zero-order chi connectivity index (χ0) is 20.6. The monoisotopic (exact) mass is 384 g/mol. The highest BCUT2D eigenvalue weighted by Gasteiger charge is 2.30. The van der Waals surface area contributed by atoms with Gasteiger partial charge in [0.05, 0.1) is 22.7 Å². The number of aliphatic hydroxyl groups is 1. The van der Waals surface area contributed by atoms with Gasteiger partial charge in [-0.3, -0.25) is 0 Å². The van der Waals surface area contributed by atoms with Gasteiger partial charge in [0.25, 0.3) is 0 Å². The van der Waals surface area contributed by atoms with Gasteiger partial charge in [0.2, 0.25) is 0 Å². The Morgan fingerprint density at radius 3 is 2.21 bits per heavy atom. The highest BCUT2D eigenvalue weighted by molar-refractivity contribution is 6.47. The first-order valence-electron chi connectivity index (χ1n) is 10.2. The van der Waals surface area contributed by atoms with Crippen LogP contribution in [0, 0.1) is 5.92 Å². The van der Waals surface area contributed by atoms with E-state index in [0.29, 0.717) is 0 Å². The number of benzene rings is 3. The lowest BCUT2D eigenvalue weighted by atomic mass is 9.84. The van der Waals surface area contributed by atoms with Crippen LogP contribution in [0.1, 0.15) is 27.7 Å². The Labute approximate surface area is 173 Å². The molecule has 0 spiro atoms. The van der Waals surface area contributed by atoms with Crippen LogP contribution in [0.15, 0.2) is 72.8 Å². The van der Waals surface area contributed by atoms with Crippen LogP contribution in [-0.2, 0) is 4.65 Å². The van der Waals surface area contributed by atoms with E-state index in [-0.39, 0.29) is 12.0 Å². The van der Waals surface area contributed by atoms with Crippen molar-refractivity contribution in [1.29, 1.82) is 0 Å². The minimum Gasteiger partial charge on any atom is -0.428 e. The molecule has 1 unspecified atom stereocenters. The van der Waals surface area contributed by atoms with Crippen molar-refractivity contribution in [3.63, 3.8) is 0 Å². The quantitative estimate of drug-likeness (QED) is 0.483. The van der Waals surface area contributed by atoms with Gasteiger partial charge in [-0.05, 0) is 44.0 Å². The molecule has 1 aromatic heterocycles. The summed E-state index contributed by atoms with van der Waals surface area (Å²) in [6.07, 6.45) is -0.274. The summed E-state index contributed by atoms with van der Waals surface area (Å²) < 4.78 is 8.32. The molecule has 0 aliphatic carbocycles. The summed E-state index contributed by atoms with van der Waals surface area (Å²) in [6, 6.07) is 25.3. The lowest BCUT2D eigenvalue weighted by molar-refractivity contribution is -0.0534. The topological polar surface area (TPSA) is 34.4 Å². The highest BCUT2D eigenvalue weighted by atomic mass is 16.5. The third-order valence-corrected chi connectivity index (χ3v) is 5.36. The lowest BCUT2D eigenvalue weighted by Gasteiger charge is -2.32. The van der Waals surface area contributed by atoms with E-state index in [1.807, 2.05) is 6.07 Å². The lowest BCUT2D eigenvalue weighted by Crippen LogP contribution is -2.44. The zero-order valence-corrected chi connectivity index (χ0v) is 17.5. The van der Waals surface area contributed by atoms with Gasteiger partial charge < -0.3 is 14.3 Å². The Hall–Kier alpha value is -2.56. The van der Waals surface area contributed by atoms with E-state index in [9.17, 15) is 5.11 Å². The van der Waals surface area contributed by atoms with Crippen molar-refractivity contribution in [2.75, 3.05) is 0 Å². The predicted octanol–water partition coefficient (Wildman–Crippen LogP) is 4.84. The van der Waals surface area contributed by atoms with E-state index < -0.39 is 5.60 Å². The van der Waals surface area contributed by atoms with Gasteiger partial charge >= 0.3 is 7.48 Å². The van der Waals surface area contributed by atoms with Crippen molar-refractivity contribution in [3.8, 4) is 5.69 Å². The summed E-state index contributed by atoms with van der Waals surface area (Å²) >= 11 is 0. The molecule has 1 N–H and O–H groups in total. The predicted molar refractivity (Wildman–Crippen MR) is 122 cm³/mol. The molecule has 0 saturated carbocycles. The van der Waals surface area contributed by atoms with Crippen LogP contribution in [0.2, 0.25) is 0 Å². The van der Waals surface area contributed by atoms with Gasteiger partial charge in [-0.1, -0.05) is 67.8 Å². The minimum atomic E-state index is -0.905. The van der Waals surface area contributed by atoms with Crippen LogP contribution in [0.4, 0.5) is 0 Å². The van der Waals surface area contributed by atoms with E-state index in [2.05, 4.69) is 85.1 Å². The average molecular weight is 384 g/mol. The van der Waals surface area contributed by atoms with Gasteiger partial charge in [-0.25, -0.2) is 0 Å². The zero-order valence-electron chi connectivity index (χ0n) is 17.5. The maximum atomic E-state index is 10.4. The molecule has 3 nitrogen and oxygen atoms in total. The normalized spacial score (nSPS) is 13.3. The minimum absolute atomic E-state index is 0.204. The van der Waals surface area contributed by atoms with Gasteiger partial charge in [-0.15, -0.1) is 0 Å². The first kappa shape index (κ1) is 19.7. The van der Waals surface area contributed by atoms with Gasteiger partial charge in [-0.2, -0.15) is 0 Å². The first-order valence-corrected chi connectivity index (χ1v) is 10.2. The third-order valence-electron chi connectivity index (χ3n) is 5.36. The van der Waals surface area contributed by atoms with Gasteiger partial charge in [0.15, 0.2) is 0 Å². The Balaban J connectivity index is 1.76. The number of hydrogen-bond donors (Lipinski definition) is 1. The first-order chi connectivity index (χ1) is 13.9. The molecule has 1 atom stereocenters. The van der Waals surface area contributed by atoms with Gasteiger partial charge in [0.1, 0.15) is 0 Å². The molecule has 147 valence electrons. The fraction of sp³-hybridized carbons (Fsp3) is 0.280. The Morgan fingerprint density at radius 1 is 0.862 bits per heavy atom. The number of para-hydroxylation sites is 2. The van der Waals surface area contributed by atoms with Crippen LogP contribution in [0.5, 0.6) is 0 Å². The Kier molecular flexibility index (Phi) is 5.24. The molecular formula is C25H27BNO2. The van der Waals surface area contributed by atoms with E-state index in [1.165, 1.54) is 16.3 Å². The standard InChI is InChI=1S/C25H27BNO2/c1-17(2)24(25(3,4)28)29-26-18-14-15-23-21(16-18)20-12-8-9-13-22(20)27(23)19-10-6-5-7-11-19/h5-17,24,28H,1-4H3. The summed E-state index contributed by atoms with van der Waals surface area (Å²) in [5.41, 5.74) is 3.58. The highest BCUT2D eigenvalue weighted by Crippen LogP contribution is 2.31. The molecule has 0 aliphatic heterocycles. The maximum Gasteiger partial charge on any atom is 0.330 e. The van der Waals surface area contributed by atoms with Crippen LogP contribution in [-0.4, -0.2) is 28.9 Å². The molecule has 0 saturated heterocycles. The molecule has 4 rings (SSSR count). The average Bonchev–Trinajstić information content (AvgIpc) is 3.01. The molecule has 4 heteroatoms. The number of rotatable bonds is 6. The van der Waals surface area contributed by atoms with Crippen LogP contribution in [0.25, 0.3) is 27.5 Å². The van der Waals surface area contributed by atoms with E-state index >= 15 is 0 Å². The number of aromatic nitrogens is 1. The van der Waals surface area contributed by atoms with Crippen molar-refractivity contribution in [2.24, 2.45) is 5.92 Å². The number of fused-ring (bicyclic) bond motifs is 3. The maximum absolute atomic E-state index is 10.4. The second-order valence-electron chi connectivity index (χ2n) is 8.54. The number of hydrogen-bond acceptors (Lipinski definition) is 2. The number of nitrogens with zero attached hydrogens (tertiary/aromatic N) is 1. The largest absolute Gasteiger partial charge is 0.428 e. The molecule has 29 heavy (non-hydrogen) atoms. The van der Waals surface area contributed by atoms with Gasteiger partial charge in [0, 0.05) is 16.5 Å². The molecule has 1 radical (unpaired) electrons. The van der Waals surface area contributed by atoms with Crippen molar-refractivity contribution >= 4 is 34.8 Å². The van der Waals surface area contributed by atoms with Crippen LogP contribution in [0.3, 0.4) is 0 Å². The fourth-order valence-corrected chi connectivity index (χ4v) is 4.21. The van der Waals surface area contributed by atoms with Crippen LogP contribution < -0.4 is 5.46 Å². The summed E-state index contributed by atoms with van der Waals surface area (Å²) in [5, 5.41) is 12.8. The third kappa shape index (κ3) is 3.83. The fourth-order valence-electron chi connectivity index (χ4n) is 4.21. The SMILES string of the molecule is CC(C)C(O[B]c1ccc2c(c1)c1ccccc1n2-c1ccccc1)C(C)(C)O. The van der Waals surface area contributed by atoms with E-state index in [4.69, 9.17) is 4.65 Å². The smallest absolute Gasteiger partial charge is 0.330 e. The molecule has 3 aromatic carbocycles. The molecular weight excluding hydrogens is 357 g/mol. The van der Waals surface area contributed by atoms with Crippen molar-refractivity contribution in [3.05, 3.63) is 72.8 Å². The Morgan fingerprint density at radius 2 is 1.52 bits per heavy atom. The molecule has 1 heterocycles. The van der Waals surface area contributed by atoms with E-state index in [1.54, 1.807) is 21.3 Å². The molecule has 0 bridgehead atoms. The molecule has 0 aliphatic rings. The second kappa shape index (κ2) is 7.70. The summed E-state index contributed by atoms with van der Waals surface area (Å²) in [6.45, 7) is 7.71. The Bertz CT molecular complexity index is 1130. The summed E-state index contributed by atoms with van der Waals surface area (Å²) in [7, 11) is 1.77. The second-order valence-corrected chi connectivity index (χ2v) is 8.54. The van der Waals surface area contributed by atoms with Crippen molar-refractivity contribution in [2.45, 2.75) is 39.4 Å².